The minimum atomic E-state index is -0.205. The molecule has 1 aliphatic heterocycles. The third kappa shape index (κ3) is 4.49. The standard InChI is InChI=1S/C20H26N4O3/c1-23-9-11-24(12-10-23)18-13-15(7-8-21-18)14-22-20(25)16-5-4-6-17(26-2)19(16)27-3/h4-8,13H,9-12,14H2,1-3H3,(H,22,25). The Kier molecular flexibility index (Phi) is 6.13. The third-order valence-corrected chi connectivity index (χ3v) is 4.74. The van der Waals surface area contributed by atoms with Gasteiger partial charge in [-0.15, -0.1) is 0 Å². The number of nitrogens with zero attached hydrogens (tertiary/aromatic N) is 3. The first-order valence-electron chi connectivity index (χ1n) is 9.00. The quantitative estimate of drug-likeness (QED) is 0.836. The number of anilines is 1. The lowest BCUT2D eigenvalue weighted by Crippen LogP contribution is -2.44. The van der Waals surface area contributed by atoms with Crippen LogP contribution >= 0.6 is 0 Å². The maximum absolute atomic E-state index is 12.6. The van der Waals surface area contributed by atoms with Crippen molar-refractivity contribution in [3.8, 4) is 11.5 Å². The maximum atomic E-state index is 12.6. The molecule has 0 unspecified atom stereocenters. The molecule has 1 fully saturated rings. The number of aromatic nitrogens is 1. The van der Waals surface area contributed by atoms with Crippen LogP contribution in [0.25, 0.3) is 0 Å². The summed E-state index contributed by atoms with van der Waals surface area (Å²) < 4.78 is 10.6. The van der Waals surface area contributed by atoms with E-state index in [1.54, 1.807) is 31.5 Å². The summed E-state index contributed by atoms with van der Waals surface area (Å²) >= 11 is 0. The molecule has 1 N–H and O–H groups in total. The molecule has 0 aliphatic carbocycles. The third-order valence-electron chi connectivity index (χ3n) is 4.74. The van der Waals surface area contributed by atoms with Gasteiger partial charge in [0.25, 0.3) is 5.91 Å². The van der Waals surface area contributed by atoms with Crippen LogP contribution in [0.4, 0.5) is 5.82 Å². The molecular formula is C20H26N4O3. The summed E-state index contributed by atoms with van der Waals surface area (Å²) in [6, 6.07) is 9.21. The number of nitrogens with one attached hydrogen (secondary N) is 1. The number of piperazine rings is 1. The molecule has 1 saturated heterocycles. The number of hydrogen-bond donors (Lipinski definition) is 1. The summed E-state index contributed by atoms with van der Waals surface area (Å²) in [6.07, 6.45) is 1.79. The van der Waals surface area contributed by atoms with Crippen LogP contribution in [0.1, 0.15) is 15.9 Å². The smallest absolute Gasteiger partial charge is 0.255 e. The number of rotatable bonds is 6. The summed E-state index contributed by atoms with van der Waals surface area (Å²) in [5.74, 6) is 1.72. The molecule has 1 amide bonds. The maximum Gasteiger partial charge on any atom is 0.255 e. The van der Waals surface area contributed by atoms with Crippen molar-refractivity contribution in [2.24, 2.45) is 0 Å². The van der Waals surface area contributed by atoms with Crippen LogP contribution in [-0.4, -0.2) is 63.2 Å². The van der Waals surface area contributed by atoms with Crippen LogP contribution in [-0.2, 0) is 6.54 Å². The molecule has 0 spiro atoms. The Morgan fingerprint density at radius 2 is 1.93 bits per heavy atom. The van der Waals surface area contributed by atoms with Crippen molar-refractivity contribution in [1.82, 2.24) is 15.2 Å². The van der Waals surface area contributed by atoms with E-state index in [0.717, 1.165) is 37.6 Å². The number of para-hydroxylation sites is 1. The number of methoxy groups -OCH3 is 2. The zero-order valence-corrected chi connectivity index (χ0v) is 16.1. The Bertz CT molecular complexity index is 789. The number of hydrogen-bond acceptors (Lipinski definition) is 6. The first kappa shape index (κ1) is 19.0. The highest BCUT2D eigenvalue weighted by molar-refractivity contribution is 5.97. The second-order valence-electron chi connectivity index (χ2n) is 6.54. The first-order chi connectivity index (χ1) is 13.1. The minimum Gasteiger partial charge on any atom is -0.493 e. The van der Waals surface area contributed by atoms with Gasteiger partial charge >= 0.3 is 0 Å². The topological polar surface area (TPSA) is 66.9 Å². The highest BCUT2D eigenvalue weighted by Gasteiger charge is 2.17. The van der Waals surface area contributed by atoms with Crippen LogP contribution in [0.2, 0.25) is 0 Å². The zero-order chi connectivity index (χ0) is 19.2. The van der Waals surface area contributed by atoms with Gasteiger partial charge in [-0.05, 0) is 36.9 Å². The molecule has 27 heavy (non-hydrogen) atoms. The fraction of sp³-hybridized carbons (Fsp3) is 0.400. The Morgan fingerprint density at radius 3 is 2.63 bits per heavy atom. The largest absolute Gasteiger partial charge is 0.493 e. The summed E-state index contributed by atoms with van der Waals surface area (Å²) in [5, 5.41) is 2.95. The fourth-order valence-corrected chi connectivity index (χ4v) is 3.12. The molecule has 0 saturated carbocycles. The van der Waals surface area contributed by atoms with E-state index < -0.39 is 0 Å². The van der Waals surface area contributed by atoms with E-state index in [2.05, 4.69) is 27.1 Å². The van der Waals surface area contributed by atoms with Gasteiger partial charge in [-0.25, -0.2) is 4.98 Å². The van der Waals surface area contributed by atoms with Gasteiger partial charge in [-0.2, -0.15) is 0 Å². The molecule has 3 rings (SSSR count). The van der Waals surface area contributed by atoms with Gasteiger partial charge in [0.15, 0.2) is 11.5 Å². The van der Waals surface area contributed by atoms with Crippen LogP contribution in [0.5, 0.6) is 11.5 Å². The van der Waals surface area contributed by atoms with Gasteiger partial charge in [0.05, 0.1) is 19.8 Å². The van der Waals surface area contributed by atoms with Crippen molar-refractivity contribution >= 4 is 11.7 Å². The second kappa shape index (κ2) is 8.73. The fourth-order valence-electron chi connectivity index (χ4n) is 3.12. The van der Waals surface area contributed by atoms with Gasteiger partial charge in [0, 0.05) is 38.9 Å². The molecule has 1 aromatic heterocycles. The summed E-state index contributed by atoms with van der Waals surface area (Å²) in [6.45, 7) is 4.39. The van der Waals surface area contributed by atoms with Crippen LogP contribution < -0.4 is 19.7 Å². The van der Waals surface area contributed by atoms with Gasteiger partial charge in [-0.1, -0.05) is 6.07 Å². The van der Waals surface area contributed by atoms with E-state index in [1.165, 1.54) is 7.11 Å². The highest BCUT2D eigenvalue weighted by Crippen LogP contribution is 2.30. The Morgan fingerprint density at radius 1 is 1.15 bits per heavy atom. The summed E-state index contributed by atoms with van der Waals surface area (Å²) in [4.78, 5) is 21.7. The molecule has 1 aromatic carbocycles. The molecule has 1 aliphatic rings. The van der Waals surface area contributed by atoms with E-state index in [9.17, 15) is 4.79 Å². The molecule has 7 heteroatoms. The molecule has 2 aromatic rings. The first-order valence-corrected chi connectivity index (χ1v) is 9.00. The number of carbonyl (C=O) groups excluding carboxylic acids is 1. The van der Waals surface area contributed by atoms with Crippen molar-refractivity contribution in [2.45, 2.75) is 6.54 Å². The predicted molar refractivity (Wildman–Crippen MR) is 105 cm³/mol. The van der Waals surface area contributed by atoms with E-state index in [4.69, 9.17) is 9.47 Å². The number of pyridine rings is 1. The number of amides is 1. The summed E-state index contributed by atoms with van der Waals surface area (Å²) in [7, 11) is 5.21. The van der Waals surface area contributed by atoms with Crippen molar-refractivity contribution in [3.63, 3.8) is 0 Å². The Labute approximate surface area is 159 Å². The van der Waals surface area contributed by atoms with Crippen molar-refractivity contribution in [1.29, 1.82) is 0 Å². The van der Waals surface area contributed by atoms with Crippen molar-refractivity contribution < 1.29 is 14.3 Å². The molecular weight excluding hydrogens is 344 g/mol. The van der Waals surface area contributed by atoms with E-state index in [1.807, 2.05) is 12.1 Å². The van der Waals surface area contributed by atoms with Gasteiger partial charge in [0.2, 0.25) is 0 Å². The average Bonchev–Trinajstić information content (AvgIpc) is 2.72. The monoisotopic (exact) mass is 370 g/mol. The van der Waals surface area contributed by atoms with E-state index >= 15 is 0 Å². The van der Waals surface area contributed by atoms with E-state index in [0.29, 0.717) is 23.6 Å². The average molecular weight is 370 g/mol. The summed E-state index contributed by atoms with van der Waals surface area (Å²) in [5.41, 5.74) is 1.46. The number of likely N-dealkylation sites (N-methyl/N-ethyl adjacent to an activating group) is 1. The highest BCUT2D eigenvalue weighted by atomic mass is 16.5. The molecule has 144 valence electrons. The Balaban J connectivity index is 1.67. The zero-order valence-electron chi connectivity index (χ0n) is 16.1. The molecule has 0 bridgehead atoms. The number of ether oxygens (including phenoxy) is 2. The SMILES string of the molecule is COc1cccc(C(=O)NCc2ccnc(N3CCN(C)CC3)c2)c1OC. The molecule has 0 radical (unpaired) electrons. The normalized spacial score (nSPS) is 14.7. The molecule has 0 atom stereocenters. The van der Waals surface area contributed by atoms with Crippen LogP contribution in [0.15, 0.2) is 36.5 Å². The number of carbonyl (C=O) groups is 1. The molecule has 2 heterocycles. The second-order valence-corrected chi connectivity index (χ2v) is 6.54. The van der Waals surface area contributed by atoms with Gasteiger partial charge in [-0.3, -0.25) is 4.79 Å². The minimum absolute atomic E-state index is 0.205. The van der Waals surface area contributed by atoms with Gasteiger partial charge in [0.1, 0.15) is 5.82 Å². The van der Waals surface area contributed by atoms with Crippen molar-refractivity contribution in [3.05, 3.63) is 47.7 Å². The number of benzene rings is 1. The van der Waals surface area contributed by atoms with Crippen molar-refractivity contribution in [2.75, 3.05) is 52.3 Å². The molecule has 7 nitrogen and oxygen atoms in total. The van der Waals surface area contributed by atoms with E-state index in [-0.39, 0.29) is 5.91 Å². The lowest BCUT2D eigenvalue weighted by Gasteiger charge is -2.33. The lowest BCUT2D eigenvalue weighted by atomic mass is 10.1. The lowest BCUT2D eigenvalue weighted by molar-refractivity contribution is 0.0947. The van der Waals surface area contributed by atoms with Crippen LogP contribution in [0.3, 0.4) is 0 Å². The predicted octanol–water partition coefficient (Wildman–Crippen LogP) is 1.78. The van der Waals surface area contributed by atoms with Gasteiger partial charge < -0.3 is 24.6 Å². The van der Waals surface area contributed by atoms with Crippen LogP contribution in [0, 0.1) is 0 Å². The Hall–Kier alpha value is -2.80.